The van der Waals surface area contributed by atoms with Gasteiger partial charge in [-0.15, -0.1) is 0 Å². The van der Waals surface area contributed by atoms with E-state index in [4.69, 9.17) is 14.2 Å². The van der Waals surface area contributed by atoms with Gasteiger partial charge in [0.25, 0.3) is 0 Å². The van der Waals surface area contributed by atoms with Crippen LogP contribution in [0.2, 0.25) is 0 Å². The molecule has 0 aromatic heterocycles. The highest BCUT2D eigenvalue weighted by molar-refractivity contribution is 6.05. The second-order valence-electron chi connectivity index (χ2n) is 6.25. The van der Waals surface area contributed by atoms with Crippen LogP contribution in [-0.4, -0.2) is 30.8 Å². The third kappa shape index (κ3) is 3.58. The fourth-order valence-corrected chi connectivity index (χ4v) is 3.04. The number of ether oxygens (including phenoxy) is 3. The van der Waals surface area contributed by atoms with E-state index in [9.17, 15) is 9.59 Å². The van der Waals surface area contributed by atoms with Crippen LogP contribution in [0.3, 0.4) is 0 Å². The van der Waals surface area contributed by atoms with Crippen molar-refractivity contribution in [1.82, 2.24) is 0 Å². The molecule has 5 nitrogen and oxygen atoms in total. The van der Waals surface area contributed by atoms with Gasteiger partial charge >= 0.3 is 11.9 Å². The SMILES string of the molecule is CCOC(=O)c1ccc(/C=C2\c3ccccc3O[C@]2(C)C(=O)OCC)cc1. The van der Waals surface area contributed by atoms with Crippen LogP contribution in [0.5, 0.6) is 5.75 Å². The summed E-state index contributed by atoms with van der Waals surface area (Å²) in [4.78, 5) is 24.4. The topological polar surface area (TPSA) is 61.8 Å². The molecular formula is C22H22O5. The molecule has 3 rings (SSSR count). The Morgan fingerprint density at radius 2 is 1.67 bits per heavy atom. The Morgan fingerprint density at radius 3 is 2.33 bits per heavy atom. The maximum Gasteiger partial charge on any atom is 0.354 e. The average molecular weight is 366 g/mol. The fraction of sp³-hybridized carbons (Fsp3) is 0.273. The first-order valence-electron chi connectivity index (χ1n) is 8.94. The molecule has 5 heteroatoms. The van der Waals surface area contributed by atoms with Crippen molar-refractivity contribution in [2.45, 2.75) is 26.4 Å². The number of benzene rings is 2. The summed E-state index contributed by atoms with van der Waals surface area (Å²) in [7, 11) is 0. The van der Waals surface area contributed by atoms with Gasteiger partial charge in [0.2, 0.25) is 5.60 Å². The van der Waals surface area contributed by atoms with Crippen molar-refractivity contribution >= 4 is 23.6 Å². The Kier molecular flexibility index (Phi) is 5.31. The first-order chi connectivity index (χ1) is 13.0. The van der Waals surface area contributed by atoms with E-state index in [1.807, 2.05) is 42.5 Å². The lowest BCUT2D eigenvalue weighted by molar-refractivity contribution is -0.154. The van der Waals surface area contributed by atoms with Crippen LogP contribution in [0.25, 0.3) is 11.6 Å². The number of carbonyl (C=O) groups is 2. The molecule has 2 aromatic rings. The lowest BCUT2D eigenvalue weighted by Gasteiger charge is -2.23. The maximum absolute atomic E-state index is 12.6. The lowest BCUT2D eigenvalue weighted by atomic mass is 9.90. The van der Waals surface area contributed by atoms with Gasteiger partial charge < -0.3 is 14.2 Å². The molecule has 0 saturated carbocycles. The average Bonchev–Trinajstić information content (AvgIpc) is 2.96. The molecule has 0 spiro atoms. The van der Waals surface area contributed by atoms with E-state index in [2.05, 4.69) is 0 Å². The molecule has 1 atom stereocenters. The van der Waals surface area contributed by atoms with Crippen LogP contribution in [-0.2, 0) is 14.3 Å². The number of hydrogen-bond acceptors (Lipinski definition) is 5. The van der Waals surface area contributed by atoms with Gasteiger partial charge in [0.1, 0.15) is 5.75 Å². The molecule has 0 unspecified atom stereocenters. The second-order valence-corrected chi connectivity index (χ2v) is 6.25. The molecule has 140 valence electrons. The van der Waals surface area contributed by atoms with Gasteiger partial charge in [-0.3, -0.25) is 0 Å². The lowest BCUT2D eigenvalue weighted by Crippen LogP contribution is -2.40. The summed E-state index contributed by atoms with van der Waals surface area (Å²) in [6, 6.07) is 14.5. The van der Waals surface area contributed by atoms with E-state index in [1.54, 1.807) is 32.9 Å². The summed E-state index contributed by atoms with van der Waals surface area (Å²) >= 11 is 0. The molecule has 0 fully saturated rings. The van der Waals surface area contributed by atoms with Crippen molar-refractivity contribution < 1.29 is 23.8 Å². The maximum atomic E-state index is 12.6. The highest BCUT2D eigenvalue weighted by atomic mass is 16.6. The van der Waals surface area contributed by atoms with Crippen LogP contribution >= 0.6 is 0 Å². The largest absolute Gasteiger partial charge is 0.470 e. The standard InChI is InChI=1S/C22H22O5/c1-4-25-20(23)16-12-10-15(11-13-16)14-18-17-8-6-7-9-19(17)27-22(18,3)21(24)26-5-2/h6-14H,4-5H2,1-3H3/b18-14+/t22-/m0/s1. The van der Waals surface area contributed by atoms with Gasteiger partial charge in [-0.2, -0.15) is 0 Å². The summed E-state index contributed by atoms with van der Waals surface area (Å²) in [6.07, 6.45) is 1.89. The van der Waals surface area contributed by atoms with Gasteiger partial charge in [0.05, 0.1) is 18.8 Å². The minimum Gasteiger partial charge on any atom is -0.470 e. The predicted octanol–water partition coefficient (Wildman–Crippen LogP) is 4.12. The van der Waals surface area contributed by atoms with Crippen LogP contribution < -0.4 is 4.74 Å². The van der Waals surface area contributed by atoms with E-state index in [0.717, 1.165) is 16.7 Å². The van der Waals surface area contributed by atoms with Gasteiger partial charge in [-0.05, 0) is 50.6 Å². The molecule has 0 saturated heterocycles. The van der Waals surface area contributed by atoms with E-state index in [1.165, 1.54) is 0 Å². The van der Waals surface area contributed by atoms with Crippen LogP contribution in [0, 0.1) is 0 Å². The molecule has 1 heterocycles. The van der Waals surface area contributed by atoms with E-state index in [0.29, 0.717) is 17.9 Å². The number of para-hydroxylation sites is 1. The third-order valence-corrected chi connectivity index (χ3v) is 4.40. The predicted molar refractivity (Wildman–Crippen MR) is 102 cm³/mol. The quantitative estimate of drug-likeness (QED) is 0.745. The van der Waals surface area contributed by atoms with Gasteiger partial charge in [-0.1, -0.05) is 30.3 Å². The van der Waals surface area contributed by atoms with Gasteiger partial charge in [0, 0.05) is 11.1 Å². The Hall–Kier alpha value is -3.08. The molecule has 0 N–H and O–H groups in total. The van der Waals surface area contributed by atoms with Crippen LogP contribution in [0.1, 0.15) is 42.3 Å². The molecule has 0 bridgehead atoms. The number of carbonyl (C=O) groups excluding carboxylic acids is 2. The number of fused-ring (bicyclic) bond motifs is 1. The monoisotopic (exact) mass is 366 g/mol. The summed E-state index contributed by atoms with van der Waals surface area (Å²) in [6.45, 7) is 5.85. The minimum atomic E-state index is -1.22. The second kappa shape index (κ2) is 7.66. The minimum absolute atomic E-state index is 0.273. The van der Waals surface area contributed by atoms with Crippen molar-refractivity contribution in [2.75, 3.05) is 13.2 Å². The third-order valence-electron chi connectivity index (χ3n) is 4.40. The Labute approximate surface area is 158 Å². The first kappa shape index (κ1) is 18.7. The molecule has 1 aliphatic heterocycles. The molecule has 0 radical (unpaired) electrons. The smallest absolute Gasteiger partial charge is 0.354 e. The number of hydrogen-bond donors (Lipinski definition) is 0. The summed E-state index contributed by atoms with van der Waals surface area (Å²) in [5.41, 5.74) is 1.67. The summed E-state index contributed by atoms with van der Waals surface area (Å²) < 4.78 is 16.2. The molecule has 0 amide bonds. The zero-order chi connectivity index (χ0) is 19.4. The normalized spacial score (nSPS) is 19.3. The zero-order valence-corrected chi connectivity index (χ0v) is 15.7. The Bertz CT molecular complexity index is 882. The van der Waals surface area contributed by atoms with E-state index >= 15 is 0 Å². The molecule has 27 heavy (non-hydrogen) atoms. The zero-order valence-electron chi connectivity index (χ0n) is 15.7. The molecule has 0 aliphatic carbocycles. The Balaban J connectivity index is 2.00. The molecule has 2 aromatic carbocycles. The summed E-state index contributed by atoms with van der Waals surface area (Å²) in [5.74, 6) is -0.152. The van der Waals surface area contributed by atoms with E-state index < -0.39 is 11.6 Å². The van der Waals surface area contributed by atoms with Gasteiger partial charge in [-0.25, -0.2) is 9.59 Å². The molecular weight excluding hydrogens is 344 g/mol. The van der Waals surface area contributed by atoms with Crippen molar-refractivity contribution in [3.05, 3.63) is 65.2 Å². The van der Waals surface area contributed by atoms with Crippen LogP contribution in [0.4, 0.5) is 0 Å². The first-order valence-corrected chi connectivity index (χ1v) is 8.94. The Morgan fingerprint density at radius 1 is 1.00 bits per heavy atom. The van der Waals surface area contributed by atoms with Crippen molar-refractivity contribution in [3.63, 3.8) is 0 Å². The van der Waals surface area contributed by atoms with Crippen molar-refractivity contribution in [3.8, 4) is 5.75 Å². The van der Waals surface area contributed by atoms with Crippen molar-refractivity contribution in [2.24, 2.45) is 0 Å². The fourth-order valence-electron chi connectivity index (χ4n) is 3.04. The number of esters is 2. The summed E-state index contributed by atoms with van der Waals surface area (Å²) in [5, 5.41) is 0. The van der Waals surface area contributed by atoms with Crippen molar-refractivity contribution in [1.29, 1.82) is 0 Å². The van der Waals surface area contributed by atoms with E-state index in [-0.39, 0.29) is 12.6 Å². The highest BCUT2D eigenvalue weighted by Crippen LogP contribution is 2.45. The van der Waals surface area contributed by atoms with Crippen LogP contribution in [0.15, 0.2) is 48.5 Å². The number of rotatable bonds is 5. The highest BCUT2D eigenvalue weighted by Gasteiger charge is 2.47. The molecule has 1 aliphatic rings. The van der Waals surface area contributed by atoms with Gasteiger partial charge in [0.15, 0.2) is 0 Å².